The summed E-state index contributed by atoms with van der Waals surface area (Å²) in [5.74, 6) is 4.80. The highest BCUT2D eigenvalue weighted by Crippen LogP contribution is 2.33. The lowest BCUT2D eigenvalue weighted by atomic mass is 9.80. The van der Waals surface area contributed by atoms with Gasteiger partial charge in [-0.05, 0) is 68.7 Å². The lowest BCUT2D eigenvalue weighted by Gasteiger charge is -2.27. The predicted octanol–water partition coefficient (Wildman–Crippen LogP) is 6.16. The SMILES string of the molecule is C#CCCCCOc1ccc(OC(=O)C2CCC(CCCCC)CC2)cc1. The van der Waals surface area contributed by atoms with Crippen molar-refractivity contribution in [2.45, 2.75) is 77.6 Å². The molecule has 2 rings (SSSR count). The van der Waals surface area contributed by atoms with Gasteiger partial charge < -0.3 is 9.47 Å². The van der Waals surface area contributed by atoms with Crippen LogP contribution < -0.4 is 9.47 Å². The second-order valence-electron chi connectivity index (χ2n) is 7.62. The number of carbonyl (C=O) groups excluding carboxylic acids is 1. The van der Waals surface area contributed by atoms with Crippen LogP contribution in [0.2, 0.25) is 0 Å². The number of carbonyl (C=O) groups is 1. The first-order valence-corrected chi connectivity index (χ1v) is 10.6. The maximum Gasteiger partial charge on any atom is 0.314 e. The van der Waals surface area contributed by atoms with Gasteiger partial charge in [-0.1, -0.05) is 32.6 Å². The Hall–Kier alpha value is -1.95. The monoisotopic (exact) mass is 370 g/mol. The van der Waals surface area contributed by atoms with Crippen molar-refractivity contribution in [2.24, 2.45) is 11.8 Å². The van der Waals surface area contributed by atoms with Gasteiger partial charge in [0.15, 0.2) is 0 Å². The minimum atomic E-state index is -0.0787. The van der Waals surface area contributed by atoms with Gasteiger partial charge in [0, 0.05) is 6.42 Å². The summed E-state index contributed by atoms with van der Waals surface area (Å²) in [4.78, 5) is 12.4. The molecule has 148 valence electrons. The number of terminal acetylenes is 1. The Morgan fingerprint density at radius 1 is 1.04 bits per heavy atom. The zero-order valence-electron chi connectivity index (χ0n) is 16.8. The molecule has 0 unspecified atom stereocenters. The van der Waals surface area contributed by atoms with Gasteiger partial charge in [-0.25, -0.2) is 0 Å². The molecule has 1 aliphatic rings. The van der Waals surface area contributed by atoms with Crippen LogP contribution >= 0.6 is 0 Å². The van der Waals surface area contributed by atoms with E-state index >= 15 is 0 Å². The number of ether oxygens (including phenoxy) is 2. The summed E-state index contributed by atoms with van der Waals surface area (Å²) in [6, 6.07) is 7.33. The van der Waals surface area contributed by atoms with Crippen LogP contribution in [0.1, 0.15) is 77.6 Å². The maximum atomic E-state index is 12.4. The molecular formula is C24H34O3. The summed E-state index contributed by atoms with van der Waals surface area (Å²) in [7, 11) is 0. The summed E-state index contributed by atoms with van der Waals surface area (Å²) in [5, 5.41) is 0. The molecule has 1 fully saturated rings. The van der Waals surface area contributed by atoms with Crippen molar-refractivity contribution < 1.29 is 14.3 Å². The number of unbranched alkanes of at least 4 members (excludes halogenated alkanes) is 4. The van der Waals surface area contributed by atoms with Crippen molar-refractivity contribution in [3.63, 3.8) is 0 Å². The average molecular weight is 371 g/mol. The van der Waals surface area contributed by atoms with Gasteiger partial charge in [-0.3, -0.25) is 4.79 Å². The molecule has 1 aliphatic carbocycles. The largest absolute Gasteiger partial charge is 0.494 e. The van der Waals surface area contributed by atoms with E-state index in [4.69, 9.17) is 15.9 Å². The predicted molar refractivity (Wildman–Crippen MR) is 110 cm³/mol. The quantitative estimate of drug-likeness (QED) is 0.202. The lowest BCUT2D eigenvalue weighted by molar-refractivity contribution is -0.140. The standard InChI is InChI=1S/C24H34O3/c1-3-5-7-9-19-26-22-15-17-23(18-16-22)27-24(25)21-13-11-20(12-14-21)10-8-6-4-2/h1,15-18,20-21H,4-14,19H2,2H3. The van der Waals surface area contributed by atoms with Crippen molar-refractivity contribution in [2.75, 3.05) is 6.61 Å². The molecule has 0 heterocycles. The third-order valence-electron chi connectivity index (χ3n) is 5.42. The molecule has 0 N–H and O–H groups in total. The van der Waals surface area contributed by atoms with Crippen LogP contribution in [-0.4, -0.2) is 12.6 Å². The van der Waals surface area contributed by atoms with E-state index in [9.17, 15) is 4.79 Å². The van der Waals surface area contributed by atoms with E-state index in [0.717, 1.165) is 56.6 Å². The van der Waals surface area contributed by atoms with Gasteiger partial charge >= 0.3 is 5.97 Å². The Labute approximate surface area is 164 Å². The summed E-state index contributed by atoms with van der Waals surface area (Å²) >= 11 is 0. The molecule has 0 spiro atoms. The Morgan fingerprint density at radius 3 is 2.41 bits per heavy atom. The Morgan fingerprint density at radius 2 is 1.74 bits per heavy atom. The highest BCUT2D eigenvalue weighted by Gasteiger charge is 2.27. The third kappa shape index (κ3) is 8.08. The van der Waals surface area contributed by atoms with E-state index in [1.807, 2.05) is 24.3 Å². The van der Waals surface area contributed by atoms with E-state index in [1.54, 1.807) is 0 Å². The van der Waals surface area contributed by atoms with E-state index < -0.39 is 0 Å². The highest BCUT2D eigenvalue weighted by molar-refractivity contribution is 5.75. The molecule has 0 bridgehead atoms. The molecule has 3 heteroatoms. The fourth-order valence-electron chi connectivity index (χ4n) is 3.69. The van der Waals surface area contributed by atoms with Crippen molar-refractivity contribution >= 4 is 5.97 Å². The van der Waals surface area contributed by atoms with Gasteiger partial charge in [0.1, 0.15) is 11.5 Å². The second kappa shape index (κ2) is 12.4. The van der Waals surface area contributed by atoms with Gasteiger partial charge in [-0.2, -0.15) is 0 Å². The summed E-state index contributed by atoms with van der Waals surface area (Å²) in [6.07, 6.45) is 17.5. The van der Waals surface area contributed by atoms with Gasteiger partial charge in [0.05, 0.1) is 12.5 Å². The van der Waals surface area contributed by atoms with E-state index in [2.05, 4.69) is 12.8 Å². The first-order valence-electron chi connectivity index (χ1n) is 10.6. The van der Waals surface area contributed by atoms with Crippen molar-refractivity contribution in [3.05, 3.63) is 24.3 Å². The summed E-state index contributed by atoms with van der Waals surface area (Å²) in [5.41, 5.74) is 0. The maximum absolute atomic E-state index is 12.4. The number of benzene rings is 1. The van der Waals surface area contributed by atoms with E-state index in [-0.39, 0.29) is 11.9 Å². The topological polar surface area (TPSA) is 35.5 Å². The number of hydrogen-bond donors (Lipinski definition) is 0. The van der Waals surface area contributed by atoms with Crippen LogP contribution in [0.4, 0.5) is 0 Å². The van der Waals surface area contributed by atoms with Crippen molar-refractivity contribution in [1.82, 2.24) is 0 Å². The van der Waals surface area contributed by atoms with Crippen molar-refractivity contribution in [3.8, 4) is 23.8 Å². The molecule has 1 aromatic rings. The van der Waals surface area contributed by atoms with E-state index in [0.29, 0.717) is 12.4 Å². The highest BCUT2D eigenvalue weighted by atomic mass is 16.5. The lowest BCUT2D eigenvalue weighted by Crippen LogP contribution is -2.25. The summed E-state index contributed by atoms with van der Waals surface area (Å²) in [6.45, 7) is 2.90. The van der Waals surface area contributed by atoms with Crippen molar-refractivity contribution in [1.29, 1.82) is 0 Å². The Bertz CT molecular complexity index is 577. The molecule has 0 saturated heterocycles. The minimum Gasteiger partial charge on any atom is -0.494 e. The smallest absolute Gasteiger partial charge is 0.314 e. The van der Waals surface area contributed by atoms with Gasteiger partial charge in [-0.15, -0.1) is 12.3 Å². The number of esters is 1. The molecule has 1 saturated carbocycles. The molecule has 3 nitrogen and oxygen atoms in total. The van der Waals surface area contributed by atoms with E-state index in [1.165, 1.54) is 25.7 Å². The Kier molecular flexibility index (Phi) is 9.84. The van der Waals surface area contributed by atoms with Crippen LogP contribution in [0.15, 0.2) is 24.3 Å². The molecule has 1 aromatic carbocycles. The molecule has 0 aromatic heterocycles. The average Bonchev–Trinajstić information content (AvgIpc) is 2.70. The number of rotatable bonds is 11. The molecule has 27 heavy (non-hydrogen) atoms. The van der Waals surface area contributed by atoms with Crippen LogP contribution in [0.25, 0.3) is 0 Å². The first-order chi connectivity index (χ1) is 13.2. The zero-order valence-corrected chi connectivity index (χ0v) is 16.8. The molecule has 0 amide bonds. The zero-order chi connectivity index (χ0) is 19.3. The minimum absolute atomic E-state index is 0.0551. The normalized spacial score (nSPS) is 19.3. The van der Waals surface area contributed by atoms with Crippen LogP contribution in [-0.2, 0) is 4.79 Å². The molecule has 0 radical (unpaired) electrons. The Balaban J connectivity index is 1.68. The third-order valence-corrected chi connectivity index (χ3v) is 5.42. The fraction of sp³-hybridized carbons (Fsp3) is 0.625. The summed E-state index contributed by atoms with van der Waals surface area (Å²) < 4.78 is 11.3. The van der Waals surface area contributed by atoms with Crippen LogP contribution in [0, 0.1) is 24.2 Å². The first kappa shape index (κ1) is 21.4. The van der Waals surface area contributed by atoms with Crippen LogP contribution in [0.5, 0.6) is 11.5 Å². The second-order valence-corrected chi connectivity index (χ2v) is 7.62. The van der Waals surface area contributed by atoms with Gasteiger partial charge in [0.2, 0.25) is 0 Å². The van der Waals surface area contributed by atoms with Crippen LogP contribution in [0.3, 0.4) is 0 Å². The van der Waals surface area contributed by atoms with Gasteiger partial charge in [0.25, 0.3) is 0 Å². The molecule has 0 aliphatic heterocycles. The fourth-order valence-corrected chi connectivity index (χ4v) is 3.69. The molecule has 0 atom stereocenters. The molecular weight excluding hydrogens is 336 g/mol. The number of hydrogen-bond acceptors (Lipinski definition) is 3.